The van der Waals surface area contributed by atoms with E-state index in [0.717, 1.165) is 10.5 Å². The number of amides is 5. The Labute approximate surface area is 167 Å². The number of carbonyl (C=O) groups is 4. The molecule has 1 aromatic heterocycles. The zero-order chi connectivity index (χ0) is 21.3. The second-order valence-electron chi connectivity index (χ2n) is 7.14. The van der Waals surface area contributed by atoms with E-state index in [-0.39, 0.29) is 5.56 Å². The lowest BCUT2D eigenvalue weighted by atomic mass is 9.91. The fraction of sp³-hybridized carbons (Fsp3) is 0.300. The summed E-state index contributed by atoms with van der Waals surface area (Å²) in [7, 11) is 0. The van der Waals surface area contributed by atoms with Crippen LogP contribution >= 0.6 is 0 Å². The Kier molecular flexibility index (Phi) is 5.15. The number of aryl methyl sites for hydroxylation is 3. The summed E-state index contributed by atoms with van der Waals surface area (Å²) in [6.45, 7) is 6.30. The molecule has 0 saturated carbocycles. The number of nitrogens with one attached hydrogen (secondary N) is 3. The third kappa shape index (κ3) is 3.84. The molecule has 5 amide bonds. The molecule has 0 spiro atoms. The first kappa shape index (κ1) is 20.1. The summed E-state index contributed by atoms with van der Waals surface area (Å²) in [5, 5.41) is 2.63. The molecule has 1 atom stereocenters. The maximum Gasteiger partial charge on any atom is 0.325 e. The van der Waals surface area contributed by atoms with Crippen LogP contribution in [0.1, 0.15) is 39.9 Å². The number of hydrogen-bond acceptors (Lipinski definition) is 5. The van der Waals surface area contributed by atoms with E-state index in [1.165, 1.54) is 0 Å². The van der Waals surface area contributed by atoms with Crippen LogP contribution in [0.15, 0.2) is 34.7 Å². The van der Waals surface area contributed by atoms with Gasteiger partial charge in [-0.15, -0.1) is 0 Å². The predicted molar refractivity (Wildman–Crippen MR) is 103 cm³/mol. The van der Waals surface area contributed by atoms with E-state index in [1.807, 2.05) is 19.1 Å². The summed E-state index contributed by atoms with van der Waals surface area (Å²) in [6.07, 6.45) is 0. The molecule has 0 radical (unpaired) electrons. The monoisotopic (exact) mass is 398 g/mol. The van der Waals surface area contributed by atoms with E-state index >= 15 is 0 Å². The largest absolute Gasteiger partial charge is 0.466 e. The smallest absolute Gasteiger partial charge is 0.325 e. The third-order valence-electron chi connectivity index (χ3n) is 4.81. The van der Waals surface area contributed by atoms with Gasteiger partial charge in [0.2, 0.25) is 0 Å². The summed E-state index contributed by atoms with van der Waals surface area (Å²) < 4.78 is 5.27. The highest BCUT2D eigenvalue weighted by Gasteiger charge is 2.49. The number of nitrogens with zero attached hydrogens (tertiary/aromatic N) is 1. The SMILES string of the molecule is Cc1ccc([C@@]2(C)NC(=O)N(CC(=O)NNC(=O)c3cc(C)oc3C)C2=O)cc1. The van der Waals surface area contributed by atoms with E-state index in [0.29, 0.717) is 17.1 Å². The predicted octanol–water partition coefficient (Wildman–Crippen LogP) is 1.43. The van der Waals surface area contributed by atoms with Crippen LogP contribution < -0.4 is 16.2 Å². The number of benzene rings is 1. The van der Waals surface area contributed by atoms with Crippen LogP contribution in [0.2, 0.25) is 0 Å². The van der Waals surface area contributed by atoms with Gasteiger partial charge in [0.25, 0.3) is 17.7 Å². The van der Waals surface area contributed by atoms with Crippen molar-refractivity contribution < 1.29 is 23.6 Å². The van der Waals surface area contributed by atoms with Crippen molar-refractivity contribution in [2.24, 2.45) is 0 Å². The lowest BCUT2D eigenvalue weighted by molar-refractivity contribution is -0.135. The molecule has 1 fully saturated rings. The highest BCUT2D eigenvalue weighted by atomic mass is 16.3. The van der Waals surface area contributed by atoms with Gasteiger partial charge < -0.3 is 9.73 Å². The average Bonchev–Trinajstić information content (AvgIpc) is 3.11. The minimum Gasteiger partial charge on any atom is -0.466 e. The van der Waals surface area contributed by atoms with E-state index < -0.39 is 35.8 Å². The van der Waals surface area contributed by atoms with Gasteiger partial charge in [0.05, 0.1) is 5.56 Å². The molecule has 152 valence electrons. The maximum atomic E-state index is 12.8. The number of hydrogen-bond donors (Lipinski definition) is 3. The topological polar surface area (TPSA) is 121 Å². The normalized spacial score (nSPS) is 18.6. The molecule has 1 aliphatic heterocycles. The van der Waals surface area contributed by atoms with Crippen molar-refractivity contribution in [2.75, 3.05) is 6.54 Å². The van der Waals surface area contributed by atoms with E-state index in [9.17, 15) is 19.2 Å². The van der Waals surface area contributed by atoms with Gasteiger partial charge in [-0.2, -0.15) is 0 Å². The number of carbonyl (C=O) groups excluding carboxylic acids is 4. The molecule has 0 aliphatic carbocycles. The first-order valence-corrected chi connectivity index (χ1v) is 8.99. The molecule has 3 rings (SSSR count). The minimum atomic E-state index is -1.26. The molecule has 9 heteroatoms. The molecule has 9 nitrogen and oxygen atoms in total. The number of imide groups is 1. The van der Waals surface area contributed by atoms with Crippen molar-refractivity contribution in [3.63, 3.8) is 0 Å². The fourth-order valence-electron chi connectivity index (χ4n) is 3.16. The van der Waals surface area contributed by atoms with Gasteiger partial charge in [-0.05, 0) is 39.3 Å². The zero-order valence-corrected chi connectivity index (χ0v) is 16.6. The van der Waals surface area contributed by atoms with Crippen molar-refractivity contribution in [1.29, 1.82) is 0 Å². The fourth-order valence-corrected chi connectivity index (χ4v) is 3.16. The molecule has 0 bridgehead atoms. The molecule has 29 heavy (non-hydrogen) atoms. The van der Waals surface area contributed by atoms with Crippen LogP contribution in [0.5, 0.6) is 0 Å². The third-order valence-corrected chi connectivity index (χ3v) is 4.81. The average molecular weight is 398 g/mol. The molecule has 1 aromatic carbocycles. The van der Waals surface area contributed by atoms with E-state index in [2.05, 4.69) is 16.2 Å². The Morgan fingerprint density at radius 1 is 1.10 bits per heavy atom. The van der Waals surface area contributed by atoms with Gasteiger partial charge in [0.15, 0.2) is 0 Å². The maximum absolute atomic E-state index is 12.8. The first-order valence-electron chi connectivity index (χ1n) is 8.99. The van der Waals surface area contributed by atoms with Crippen molar-refractivity contribution in [3.8, 4) is 0 Å². The number of hydrazine groups is 1. The van der Waals surface area contributed by atoms with Crippen molar-refractivity contribution in [1.82, 2.24) is 21.1 Å². The highest BCUT2D eigenvalue weighted by molar-refractivity contribution is 6.09. The quantitative estimate of drug-likeness (QED) is 0.532. The van der Waals surface area contributed by atoms with Gasteiger partial charge >= 0.3 is 6.03 Å². The van der Waals surface area contributed by atoms with E-state index in [4.69, 9.17) is 4.42 Å². The van der Waals surface area contributed by atoms with Crippen LogP contribution in [0.25, 0.3) is 0 Å². The second kappa shape index (κ2) is 7.42. The van der Waals surface area contributed by atoms with Crippen molar-refractivity contribution in [3.05, 3.63) is 58.5 Å². The summed E-state index contributed by atoms with van der Waals surface area (Å²) in [5.74, 6) is -0.845. The lowest BCUT2D eigenvalue weighted by Crippen LogP contribution is -2.48. The molecular weight excluding hydrogens is 376 g/mol. The van der Waals surface area contributed by atoms with Gasteiger partial charge in [0.1, 0.15) is 23.6 Å². The zero-order valence-electron chi connectivity index (χ0n) is 16.6. The standard InChI is InChI=1S/C20H22N4O5/c1-11-5-7-14(8-6-11)20(4)18(27)24(19(28)21-20)10-16(25)22-23-17(26)15-9-12(2)29-13(15)3/h5-9H,10H2,1-4H3,(H,21,28)(H,22,25)(H,23,26)/t20-/m1/s1. The van der Waals surface area contributed by atoms with Crippen LogP contribution in [0.3, 0.4) is 0 Å². The molecule has 0 unspecified atom stereocenters. The minimum absolute atomic E-state index is 0.282. The van der Waals surface area contributed by atoms with Crippen molar-refractivity contribution >= 4 is 23.8 Å². The van der Waals surface area contributed by atoms with Crippen LogP contribution in [-0.4, -0.2) is 35.2 Å². The Morgan fingerprint density at radius 3 is 2.34 bits per heavy atom. The number of rotatable bonds is 4. The van der Waals surface area contributed by atoms with Gasteiger partial charge in [-0.25, -0.2) is 4.79 Å². The lowest BCUT2D eigenvalue weighted by Gasteiger charge is -2.22. The molecule has 2 aromatic rings. The summed E-state index contributed by atoms with van der Waals surface area (Å²) in [5.41, 5.74) is 5.10. The molecular formula is C20H22N4O5. The Morgan fingerprint density at radius 2 is 1.76 bits per heavy atom. The van der Waals surface area contributed by atoms with Crippen LogP contribution in [0.4, 0.5) is 4.79 Å². The molecule has 3 N–H and O–H groups in total. The van der Waals surface area contributed by atoms with Crippen LogP contribution in [0, 0.1) is 20.8 Å². The summed E-state index contributed by atoms with van der Waals surface area (Å²) >= 11 is 0. The molecule has 2 heterocycles. The van der Waals surface area contributed by atoms with Gasteiger partial charge in [-0.1, -0.05) is 29.8 Å². The molecule has 1 aliphatic rings. The Hall–Kier alpha value is -3.62. The van der Waals surface area contributed by atoms with E-state index in [1.54, 1.807) is 39.0 Å². The van der Waals surface area contributed by atoms with Crippen LogP contribution in [-0.2, 0) is 15.1 Å². The summed E-state index contributed by atoms with van der Waals surface area (Å²) in [6, 6.07) is 8.05. The number of urea groups is 1. The van der Waals surface area contributed by atoms with Crippen molar-refractivity contribution in [2.45, 2.75) is 33.2 Å². The summed E-state index contributed by atoms with van der Waals surface area (Å²) in [4.78, 5) is 50.2. The Balaban J connectivity index is 1.63. The highest BCUT2D eigenvalue weighted by Crippen LogP contribution is 2.28. The van der Waals surface area contributed by atoms with Gasteiger partial charge in [0, 0.05) is 0 Å². The number of furan rings is 1. The first-order chi connectivity index (χ1) is 13.6. The second-order valence-corrected chi connectivity index (χ2v) is 7.14. The Bertz CT molecular complexity index is 995. The van der Waals surface area contributed by atoms with Gasteiger partial charge in [-0.3, -0.25) is 30.1 Å². The molecule has 1 saturated heterocycles.